The lowest BCUT2D eigenvalue weighted by Crippen LogP contribution is -2.31. The Hall–Kier alpha value is -3.33. The molecule has 0 atom stereocenters. The molecule has 3 aromatic rings. The first-order chi connectivity index (χ1) is 13.9. The summed E-state index contributed by atoms with van der Waals surface area (Å²) in [6.07, 6.45) is 0.998. The van der Waals surface area contributed by atoms with Crippen molar-refractivity contribution in [3.63, 3.8) is 0 Å². The van der Waals surface area contributed by atoms with Gasteiger partial charge < -0.3 is 9.94 Å². The number of hydrogen-bond donors (Lipinski definition) is 2. The standard InChI is InChI=1S/C21H22N2O6S/c1-21(2,3)20(26)29-23-16-12-14(22-30(4,27)28)10-11-15(16)17(19(23)25)18(24)13-8-6-5-7-9-13/h5-12,22,25H,1-4H3. The van der Waals surface area contributed by atoms with Gasteiger partial charge in [0.25, 0.3) is 0 Å². The molecule has 2 N–H and O–H groups in total. The highest BCUT2D eigenvalue weighted by Gasteiger charge is 2.30. The SMILES string of the molecule is CC(C)(C)C(=O)On1c(O)c(C(=O)c2ccccc2)c2ccc(NS(C)(=O)=O)cc21. The van der Waals surface area contributed by atoms with Crippen molar-refractivity contribution in [1.29, 1.82) is 0 Å². The molecule has 0 saturated heterocycles. The number of nitrogens with zero attached hydrogens (tertiary/aromatic N) is 1. The van der Waals surface area contributed by atoms with Gasteiger partial charge in [-0.3, -0.25) is 9.52 Å². The number of sulfonamides is 1. The summed E-state index contributed by atoms with van der Waals surface area (Å²) in [5.41, 5.74) is -0.238. The van der Waals surface area contributed by atoms with Gasteiger partial charge in [0.2, 0.25) is 15.9 Å². The monoisotopic (exact) mass is 430 g/mol. The van der Waals surface area contributed by atoms with Crippen molar-refractivity contribution < 1.29 is 28.0 Å². The second-order valence-electron chi connectivity index (χ2n) is 7.92. The van der Waals surface area contributed by atoms with Gasteiger partial charge in [-0.25, -0.2) is 13.2 Å². The number of nitrogens with one attached hydrogen (secondary N) is 1. The first-order valence-corrected chi connectivity index (χ1v) is 11.0. The second kappa shape index (κ2) is 7.49. The molecule has 1 heterocycles. The average Bonchev–Trinajstić information content (AvgIpc) is 2.91. The van der Waals surface area contributed by atoms with Gasteiger partial charge >= 0.3 is 5.97 Å². The molecule has 9 heteroatoms. The summed E-state index contributed by atoms with van der Waals surface area (Å²) in [7, 11) is -3.56. The molecule has 0 unspecified atom stereocenters. The number of benzene rings is 2. The fraction of sp³-hybridized carbons (Fsp3) is 0.238. The van der Waals surface area contributed by atoms with E-state index in [0.717, 1.165) is 11.0 Å². The normalized spacial score (nSPS) is 12.0. The van der Waals surface area contributed by atoms with Crippen molar-refractivity contribution in [2.75, 3.05) is 11.0 Å². The molecule has 2 aromatic carbocycles. The molecule has 158 valence electrons. The van der Waals surface area contributed by atoms with Gasteiger partial charge in [0.15, 0.2) is 5.78 Å². The van der Waals surface area contributed by atoms with Crippen LogP contribution < -0.4 is 9.56 Å². The number of ketones is 1. The van der Waals surface area contributed by atoms with Crippen LogP contribution in [0, 0.1) is 5.41 Å². The van der Waals surface area contributed by atoms with E-state index in [1.54, 1.807) is 51.1 Å². The molecule has 0 saturated carbocycles. The van der Waals surface area contributed by atoms with Crippen molar-refractivity contribution in [1.82, 2.24) is 4.73 Å². The molecular weight excluding hydrogens is 408 g/mol. The van der Waals surface area contributed by atoms with Crippen LogP contribution in [-0.4, -0.2) is 36.3 Å². The van der Waals surface area contributed by atoms with Gasteiger partial charge in [-0.15, -0.1) is 4.73 Å². The fourth-order valence-corrected chi connectivity index (χ4v) is 3.35. The number of carbonyl (C=O) groups is 2. The molecule has 0 spiro atoms. The highest BCUT2D eigenvalue weighted by atomic mass is 32.2. The molecule has 0 amide bonds. The molecule has 0 radical (unpaired) electrons. The van der Waals surface area contributed by atoms with E-state index in [1.165, 1.54) is 18.2 Å². The zero-order valence-electron chi connectivity index (χ0n) is 17.0. The van der Waals surface area contributed by atoms with E-state index >= 15 is 0 Å². The Morgan fingerprint density at radius 1 is 1.07 bits per heavy atom. The zero-order chi connectivity index (χ0) is 22.3. The topological polar surface area (TPSA) is 115 Å². The largest absolute Gasteiger partial charge is 0.492 e. The maximum absolute atomic E-state index is 13.1. The number of hydrogen-bond acceptors (Lipinski definition) is 6. The summed E-state index contributed by atoms with van der Waals surface area (Å²) >= 11 is 0. The molecule has 30 heavy (non-hydrogen) atoms. The van der Waals surface area contributed by atoms with Gasteiger partial charge in [0.1, 0.15) is 0 Å². The van der Waals surface area contributed by atoms with Crippen molar-refractivity contribution in [3.8, 4) is 5.88 Å². The Labute approximate surface area is 174 Å². The summed E-state index contributed by atoms with van der Waals surface area (Å²) in [5, 5.41) is 11.1. The van der Waals surface area contributed by atoms with Crippen LogP contribution in [0.15, 0.2) is 48.5 Å². The highest BCUT2D eigenvalue weighted by molar-refractivity contribution is 7.92. The van der Waals surface area contributed by atoms with Gasteiger partial charge in [0, 0.05) is 10.9 Å². The number of carbonyl (C=O) groups excluding carboxylic acids is 2. The first kappa shape index (κ1) is 21.4. The molecule has 0 aliphatic rings. The second-order valence-corrected chi connectivity index (χ2v) is 9.67. The lowest BCUT2D eigenvalue weighted by molar-refractivity contribution is -0.153. The van der Waals surface area contributed by atoms with Crippen molar-refractivity contribution in [3.05, 3.63) is 59.7 Å². The molecule has 1 aromatic heterocycles. The van der Waals surface area contributed by atoms with E-state index in [-0.39, 0.29) is 16.8 Å². The zero-order valence-corrected chi connectivity index (χ0v) is 17.8. The van der Waals surface area contributed by atoms with Gasteiger partial charge in [-0.2, -0.15) is 0 Å². The van der Waals surface area contributed by atoms with Crippen LogP contribution in [0.3, 0.4) is 0 Å². The Kier molecular flexibility index (Phi) is 5.34. The van der Waals surface area contributed by atoms with Gasteiger partial charge in [0.05, 0.1) is 28.4 Å². The molecular formula is C21H22N2O6S. The van der Waals surface area contributed by atoms with Crippen LogP contribution in [0.1, 0.15) is 36.7 Å². The maximum Gasteiger partial charge on any atom is 0.338 e. The maximum atomic E-state index is 13.1. The smallest absolute Gasteiger partial charge is 0.338 e. The number of fused-ring (bicyclic) bond motifs is 1. The quantitative estimate of drug-likeness (QED) is 0.602. The lowest BCUT2D eigenvalue weighted by Gasteiger charge is -2.17. The van der Waals surface area contributed by atoms with Crippen LogP contribution in [0.2, 0.25) is 0 Å². The van der Waals surface area contributed by atoms with Crippen molar-refractivity contribution in [2.24, 2.45) is 5.41 Å². The molecule has 0 aliphatic carbocycles. The number of aromatic nitrogens is 1. The third-order valence-corrected chi connectivity index (χ3v) is 4.86. The van der Waals surface area contributed by atoms with Crippen LogP contribution >= 0.6 is 0 Å². The molecule has 0 fully saturated rings. The summed E-state index contributed by atoms with van der Waals surface area (Å²) in [5.74, 6) is -1.66. The minimum absolute atomic E-state index is 0.0520. The van der Waals surface area contributed by atoms with E-state index in [4.69, 9.17) is 4.84 Å². The van der Waals surface area contributed by atoms with E-state index < -0.39 is 33.1 Å². The molecule has 8 nitrogen and oxygen atoms in total. The molecule has 0 bridgehead atoms. The third kappa shape index (κ3) is 4.30. The van der Waals surface area contributed by atoms with E-state index in [1.807, 2.05) is 0 Å². The van der Waals surface area contributed by atoms with Gasteiger partial charge in [-0.1, -0.05) is 30.3 Å². The highest BCUT2D eigenvalue weighted by Crippen LogP contribution is 2.34. The molecule has 3 rings (SSSR count). The lowest BCUT2D eigenvalue weighted by atomic mass is 9.98. The minimum Gasteiger partial charge on any atom is -0.492 e. The Bertz CT molecular complexity index is 1240. The van der Waals surface area contributed by atoms with E-state index in [9.17, 15) is 23.1 Å². The Morgan fingerprint density at radius 2 is 1.70 bits per heavy atom. The molecule has 0 aliphatic heterocycles. The van der Waals surface area contributed by atoms with Crippen LogP contribution in [-0.2, 0) is 14.8 Å². The summed E-state index contributed by atoms with van der Waals surface area (Å²) < 4.78 is 26.4. The Morgan fingerprint density at radius 3 is 2.27 bits per heavy atom. The summed E-state index contributed by atoms with van der Waals surface area (Å²) in [4.78, 5) is 30.9. The average molecular weight is 430 g/mol. The number of rotatable bonds is 5. The first-order valence-electron chi connectivity index (χ1n) is 9.06. The van der Waals surface area contributed by atoms with Gasteiger partial charge in [-0.05, 0) is 39.0 Å². The van der Waals surface area contributed by atoms with Crippen LogP contribution in [0.25, 0.3) is 10.9 Å². The van der Waals surface area contributed by atoms with E-state index in [2.05, 4.69) is 4.72 Å². The predicted molar refractivity (Wildman–Crippen MR) is 113 cm³/mol. The van der Waals surface area contributed by atoms with Crippen molar-refractivity contribution >= 4 is 38.4 Å². The summed E-state index contributed by atoms with van der Waals surface area (Å²) in [6.45, 7) is 4.93. The minimum atomic E-state index is -3.56. The van der Waals surface area contributed by atoms with E-state index in [0.29, 0.717) is 10.9 Å². The van der Waals surface area contributed by atoms with Crippen LogP contribution in [0.4, 0.5) is 5.69 Å². The Balaban J connectivity index is 2.23. The number of aromatic hydroxyl groups is 1. The van der Waals surface area contributed by atoms with Crippen molar-refractivity contribution in [2.45, 2.75) is 20.8 Å². The number of anilines is 1. The summed E-state index contributed by atoms with van der Waals surface area (Å²) in [6, 6.07) is 12.7. The third-order valence-electron chi connectivity index (χ3n) is 4.25. The fourth-order valence-electron chi connectivity index (χ4n) is 2.79. The van der Waals surface area contributed by atoms with Crippen LogP contribution in [0.5, 0.6) is 5.88 Å². The predicted octanol–water partition coefficient (Wildman–Crippen LogP) is 2.95.